The third-order valence-electron chi connectivity index (χ3n) is 5.70. The Morgan fingerprint density at radius 2 is 1.83 bits per heavy atom. The van der Waals surface area contributed by atoms with Gasteiger partial charge in [-0.05, 0) is 48.2 Å². The zero-order chi connectivity index (χ0) is 21.4. The Hall–Kier alpha value is -2.50. The summed E-state index contributed by atoms with van der Waals surface area (Å²) < 4.78 is 0. The zero-order valence-corrected chi connectivity index (χ0v) is 17.6. The van der Waals surface area contributed by atoms with E-state index in [-0.39, 0.29) is 29.7 Å². The minimum atomic E-state index is -0.526. The highest BCUT2D eigenvalue weighted by Gasteiger charge is 2.38. The topological polar surface area (TPSA) is 71.5 Å². The summed E-state index contributed by atoms with van der Waals surface area (Å²) >= 11 is 11.9. The molecule has 0 spiro atoms. The van der Waals surface area contributed by atoms with Gasteiger partial charge >= 0.3 is 0 Å². The zero-order valence-electron chi connectivity index (χ0n) is 16.1. The molecule has 2 aromatic carbocycles. The molecule has 1 aliphatic carbocycles. The first-order chi connectivity index (χ1) is 14.3. The second kappa shape index (κ2) is 8.32. The van der Waals surface area contributed by atoms with Crippen molar-refractivity contribution in [2.75, 3.05) is 0 Å². The van der Waals surface area contributed by atoms with E-state index in [1.165, 1.54) is 0 Å². The smallest absolute Gasteiger partial charge is 0.255 e. The van der Waals surface area contributed by atoms with Crippen LogP contribution in [-0.4, -0.2) is 34.2 Å². The van der Waals surface area contributed by atoms with E-state index >= 15 is 0 Å². The molecule has 0 N–H and O–H groups in total. The minimum Gasteiger partial charge on any atom is -0.324 e. The van der Waals surface area contributed by atoms with Crippen molar-refractivity contribution in [3.8, 4) is 0 Å². The Morgan fingerprint density at radius 1 is 1.03 bits per heavy atom. The molecule has 0 radical (unpaired) electrons. The van der Waals surface area contributed by atoms with E-state index in [0.717, 1.165) is 11.1 Å². The Morgan fingerprint density at radius 3 is 2.57 bits per heavy atom. The second-order valence-corrected chi connectivity index (χ2v) is 8.53. The number of carbonyl (C=O) groups is 4. The first-order valence-corrected chi connectivity index (χ1v) is 10.5. The van der Waals surface area contributed by atoms with E-state index in [2.05, 4.69) is 0 Å². The third-order valence-corrected chi connectivity index (χ3v) is 6.44. The molecule has 1 aliphatic heterocycles. The molecule has 5 nitrogen and oxygen atoms in total. The van der Waals surface area contributed by atoms with Gasteiger partial charge in [-0.15, -0.1) is 0 Å². The van der Waals surface area contributed by atoms with Crippen LogP contribution in [0, 0.1) is 0 Å². The van der Waals surface area contributed by atoms with Crippen LogP contribution in [0.4, 0.5) is 0 Å². The lowest BCUT2D eigenvalue weighted by Crippen LogP contribution is -2.44. The maximum absolute atomic E-state index is 12.8. The summed E-state index contributed by atoms with van der Waals surface area (Å²) in [7, 11) is 0. The van der Waals surface area contributed by atoms with Crippen molar-refractivity contribution in [2.24, 2.45) is 0 Å². The normalized spacial score (nSPS) is 18.7. The van der Waals surface area contributed by atoms with E-state index < -0.39 is 6.04 Å². The summed E-state index contributed by atoms with van der Waals surface area (Å²) in [6, 6.07) is 9.82. The molecule has 154 valence electrons. The number of halogens is 2. The van der Waals surface area contributed by atoms with E-state index in [0.29, 0.717) is 53.4 Å². The molecule has 1 fully saturated rings. The van der Waals surface area contributed by atoms with Gasteiger partial charge in [0.1, 0.15) is 5.78 Å². The van der Waals surface area contributed by atoms with Crippen molar-refractivity contribution in [1.82, 2.24) is 4.90 Å². The number of hydrogen-bond donors (Lipinski definition) is 0. The summed E-state index contributed by atoms with van der Waals surface area (Å²) in [5.74, 6) is -0.449. The predicted molar refractivity (Wildman–Crippen MR) is 113 cm³/mol. The first kappa shape index (κ1) is 20.8. The summed E-state index contributed by atoms with van der Waals surface area (Å²) in [4.78, 5) is 50.5. The van der Waals surface area contributed by atoms with Gasteiger partial charge in [0.2, 0.25) is 0 Å². The van der Waals surface area contributed by atoms with Crippen molar-refractivity contribution in [3.05, 3.63) is 68.7 Å². The first-order valence-electron chi connectivity index (χ1n) is 9.79. The molecule has 1 atom stereocenters. The van der Waals surface area contributed by atoms with Gasteiger partial charge in [0.05, 0.1) is 22.5 Å². The monoisotopic (exact) mass is 443 g/mol. The number of fused-ring (bicyclic) bond motifs is 1. The molecular weight excluding hydrogens is 425 g/mol. The third kappa shape index (κ3) is 4.05. The molecule has 0 saturated heterocycles. The highest BCUT2D eigenvalue weighted by molar-refractivity contribution is 6.42. The Bertz CT molecular complexity index is 1080. The van der Waals surface area contributed by atoms with Gasteiger partial charge in [0.15, 0.2) is 11.6 Å². The summed E-state index contributed by atoms with van der Waals surface area (Å²) in [6.45, 7) is 0.355. The maximum Gasteiger partial charge on any atom is 0.255 e. The predicted octanol–water partition coefficient (Wildman–Crippen LogP) is 4.46. The molecule has 7 heteroatoms. The van der Waals surface area contributed by atoms with E-state index in [4.69, 9.17) is 23.2 Å². The molecule has 4 rings (SSSR count). The Kier molecular flexibility index (Phi) is 5.76. The molecular formula is C23H19Cl2NO4. The van der Waals surface area contributed by atoms with Crippen molar-refractivity contribution in [1.29, 1.82) is 0 Å². The molecule has 30 heavy (non-hydrogen) atoms. The van der Waals surface area contributed by atoms with Crippen molar-refractivity contribution in [3.63, 3.8) is 0 Å². The van der Waals surface area contributed by atoms with Gasteiger partial charge in [-0.2, -0.15) is 0 Å². The maximum atomic E-state index is 12.8. The van der Waals surface area contributed by atoms with Crippen LogP contribution in [-0.2, 0) is 22.6 Å². The van der Waals surface area contributed by atoms with Crippen molar-refractivity contribution >= 4 is 46.5 Å². The Labute approximate surface area is 184 Å². The number of aryl methyl sites for hydroxylation is 1. The molecule has 1 amide bonds. The number of rotatable bonds is 5. The number of benzene rings is 2. The molecule has 1 saturated carbocycles. The van der Waals surface area contributed by atoms with Crippen LogP contribution in [0.25, 0.3) is 0 Å². The van der Waals surface area contributed by atoms with Crippen LogP contribution in [0.2, 0.25) is 10.0 Å². The lowest BCUT2D eigenvalue weighted by Gasteiger charge is -2.29. The summed E-state index contributed by atoms with van der Waals surface area (Å²) in [5.41, 5.74) is 2.89. The number of nitrogens with zero attached hydrogens (tertiary/aromatic N) is 1. The lowest BCUT2D eigenvalue weighted by atomic mass is 9.92. The van der Waals surface area contributed by atoms with Crippen molar-refractivity contribution in [2.45, 2.75) is 44.7 Å². The number of amides is 1. The van der Waals surface area contributed by atoms with Crippen molar-refractivity contribution < 1.29 is 19.2 Å². The van der Waals surface area contributed by atoms with Crippen LogP contribution >= 0.6 is 23.2 Å². The summed E-state index contributed by atoms with van der Waals surface area (Å²) in [5, 5.41) is 0.750. The molecule has 2 aliphatic rings. The highest BCUT2D eigenvalue weighted by Crippen LogP contribution is 2.30. The minimum absolute atomic E-state index is 0.0377. The van der Waals surface area contributed by atoms with Crippen LogP contribution < -0.4 is 0 Å². The van der Waals surface area contributed by atoms with Crippen LogP contribution in [0.3, 0.4) is 0 Å². The van der Waals surface area contributed by atoms with Crippen LogP contribution in [0.5, 0.6) is 0 Å². The van der Waals surface area contributed by atoms with E-state index in [1.54, 1.807) is 29.2 Å². The molecule has 2 aromatic rings. The molecule has 1 unspecified atom stereocenters. The number of Topliss-reactive ketones (excluding diaryl/α,β-unsaturated/α-hetero) is 3. The standard InChI is InChI=1S/C23H19Cl2NO4/c24-18-6-3-14(10-19(18)25)21(28)8-2-13-1-5-17-15(9-13)12-26(23(17)30)20-7-4-16(27)11-22(20)29/h1,3,5-6,9-10,20H,2,4,7-8,11-12H2. The lowest BCUT2D eigenvalue weighted by molar-refractivity contribution is -0.133. The summed E-state index contributed by atoms with van der Waals surface area (Å²) in [6.07, 6.45) is 1.46. The number of hydrogen-bond acceptors (Lipinski definition) is 4. The highest BCUT2D eigenvalue weighted by atomic mass is 35.5. The van der Waals surface area contributed by atoms with Crippen LogP contribution in [0.15, 0.2) is 36.4 Å². The Balaban J connectivity index is 1.44. The average molecular weight is 444 g/mol. The fraction of sp³-hybridized carbons (Fsp3) is 0.304. The largest absolute Gasteiger partial charge is 0.324 e. The fourth-order valence-electron chi connectivity index (χ4n) is 4.06. The quantitative estimate of drug-likeness (QED) is 0.505. The van der Waals surface area contributed by atoms with Gasteiger partial charge < -0.3 is 4.90 Å². The number of ketones is 3. The van der Waals surface area contributed by atoms with E-state index in [1.807, 2.05) is 12.1 Å². The van der Waals surface area contributed by atoms with Gasteiger partial charge in [-0.1, -0.05) is 35.3 Å². The van der Waals surface area contributed by atoms with Gasteiger partial charge in [-0.25, -0.2) is 0 Å². The van der Waals surface area contributed by atoms with E-state index in [9.17, 15) is 19.2 Å². The SMILES string of the molecule is O=C1CCC(N2Cc3cc(CCC(=O)c4ccc(Cl)c(Cl)c4)ccc3C2=O)C(=O)C1. The van der Waals surface area contributed by atoms with Gasteiger partial charge in [0, 0.05) is 30.5 Å². The molecule has 0 aromatic heterocycles. The van der Waals surface area contributed by atoms with Gasteiger partial charge in [0.25, 0.3) is 5.91 Å². The fourth-order valence-corrected chi connectivity index (χ4v) is 4.36. The van der Waals surface area contributed by atoms with Gasteiger partial charge in [-0.3, -0.25) is 19.2 Å². The molecule has 0 bridgehead atoms. The average Bonchev–Trinajstić information content (AvgIpc) is 3.04. The number of carbonyl (C=O) groups excluding carboxylic acids is 4. The molecule has 1 heterocycles. The van der Waals surface area contributed by atoms with Crippen LogP contribution in [0.1, 0.15) is 57.5 Å². The second-order valence-electron chi connectivity index (χ2n) is 7.71.